The van der Waals surface area contributed by atoms with Crippen molar-refractivity contribution in [2.45, 2.75) is 17.9 Å². The first-order valence-electron chi connectivity index (χ1n) is 5.37. The third-order valence-corrected chi connectivity index (χ3v) is 4.12. The Morgan fingerprint density at radius 2 is 2.00 bits per heavy atom. The van der Waals surface area contributed by atoms with Gasteiger partial charge in [0, 0.05) is 6.04 Å². The van der Waals surface area contributed by atoms with E-state index in [-0.39, 0.29) is 16.8 Å². The first-order valence-corrected chi connectivity index (χ1v) is 6.85. The Labute approximate surface area is 105 Å². The van der Waals surface area contributed by atoms with Crippen LogP contribution in [0, 0.1) is 0 Å². The highest BCUT2D eigenvalue weighted by molar-refractivity contribution is 7.89. The molecule has 18 heavy (non-hydrogen) atoms. The van der Waals surface area contributed by atoms with Gasteiger partial charge < -0.3 is 5.73 Å². The number of hydrogen-bond acceptors (Lipinski definition) is 4. The lowest BCUT2D eigenvalue weighted by Gasteiger charge is -2.13. The SMILES string of the molecule is C[C@H](NS(=O)(=O)c1cn[nH]c1N)c1ccccc1. The number of aromatic nitrogens is 2. The molecule has 0 spiro atoms. The van der Waals surface area contributed by atoms with Crippen molar-refractivity contribution in [1.82, 2.24) is 14.9 Å². The number of nitrogen functional groups attached to an aromatic ring is 1. The lowest BCUT2D eigenvalue weighted by molar-refractivity contribution is 0.567. The second kappa shape index (κ2) is 4.79. The van der Waals surface area contributed by atoms with Crippen molar-refractivity contribution in [3.05, 3.63) is 42.1 Å². The minimum absolute atomic E-state index is 0.0303. The van der Waals surface area contributed by atoms with Gasteiger partial charge in [-0.15, -0.1) is 0 Å². The normalized spacial score (nSPS) is 13.4. The van der Waals surface area contributed by atoms with Crippen LogP contribution in [-0.4, -0.2) is 18.6 Å². The van der Waals surface area contributed by atoms with Gasteiger partial charge >= 0.3 is 0 Å². The van der Waals surface area contributed by atoms with E-state index in [0.29, 0.717) is 0 Å². The Morgan fingerprint density at radius 3 is 2.56 bits per heavy atom. The van der Waals surface area contributed by atoms with Gasteiger partial charge in [0.15, 0.2) is 0 Å². The highest BCUT2D eigenvalue weighted by Gasteiger charge is 2.22. The molecule has 0 unspecified atom stereocenters. The number of benzene rings is 1. The van der Waals surface area contributed by atoms with Crippen LogP contribution in [0.2, 0.25) is 0 Å². The number of aromatic amines is 1. The first kappa shape index (κ1) is 12.6. The Bertz CT molecular complexity index is 622. The molecule has 1 aromatic carbocycles. The van der Waals surface area contributed by atoms with E-state index >= 15 is 0 Å². The van der Waals surface area contributed by atoms with E-state index in [1.54, 1.807) is 6.92 Å². The second-order valence-electron chi connectivity index (χ2n) is 3.90. The number of anilines is 1. The molecular weight excluding hydrogens is 252 g/mol. The van der Waals surface area contributed by atoms with Gasteiger partial charge in [-0.2, -0.15) is 5.10 Å². The van der Waals surface area contributed by atoms with Crippen molar-refractivity contribution >= 4 is 15.8 Å². The average Bonchev–Trinajstić information content (AvgIpc) is 2.77. The molecule has 0 aliphatic carbocycles. The lowest BCUT2D eigenvalue weighted by Crippen LogP contribution is -2.27. The van der Waals surface area contributed by atoms with E-state index < -0.39 is 10.0 Å². The monoisotopic (exact) mass is 266 g/mol. The molecule has 0 saturated heterocycles. The molecule has 1 aromatic heterocycles. The molecule has 4 N–H and O–H groups in total. The Balaban J connectivity index is 2.22. The van der Waals surface area contributed by atoms with Gasteiger partial charge in [-0.25, -0.2) is 13.1 Å². The molecule has 0 fully saturated rings. The fraction of sp³-hybridized carbons (Fsp3) is 0.182. The summed E-state index contributed by atoms with van der Waals surface area (Å²) in [6, 6.07) is 8.94. The zero-order valence-corrected chi connectivity index (χ0v) is 10.6. The molecule has 0 radical (unpaired) electrons. The van der Waals surface area contributed by atoms with Gasteiger partial charge in [0.2, 0.25) is 10.0 Å². The molecule has 1 heterocycles. The topological polar surface area (TPSA) is 101 Å². The summed E-state index contributed by atoms with van der Waals surface area (Å²) in [5.74, 6) is 0.0303. The zero-order chi connectivity index (χ0) is 13.2. The Hall–Kier alpha value is -1.86. The fourth-order valence-electron chi connectivity index (χ4n) is 1.61. The number of sulfonamides is 1. The van der Waals surface area contributed by atoms with Crippen molar-refractivity contribution < 1.29 is 8.42 Å². The summed E-state index contributed by atoms with van der Waals surface area (Å²) in [4.78, 5) is -0.0368. The summed E-state index contributed by atoms with van der Waals surface area (Å²) >= 11 is 0. The molecule has 0 bridgehead atoms. The summed E-state index contributed by atoms with van der Waals surface area (Å²) in [5, 5.41) is 6.00. The highest BCUT2D eigenvalue weighted by atomic mass is 32.2. The predicted octanol–water partition coefficient (Wildman–Crippen LogP) is 1.03. The van der Waals surface area contributed by atoms with Crippen LogP contribution in [0.4, 0.5) is 5.82 Å². The Morgan fingerprint density at radius 1 is 1.33 bits per heavy atom. The first-order chi connectivity index (χ1) is 8.50. The lowest BCUT2D eigenvalue weighted by atomic mass is 10.1. The van der Waals surface area contributed by atoms with Gasteiger partial charge in [0.25, 0.3) is 0 Å². The van der Waals surface area contributed by atoms with Crippen molar-refractivity contribution in [2.24, 2.45) is 0 Å². The third-order valence-electron chi connectivity index (χ3n) is 2.55. The standard InChI is InChI=1S/C11H14N4O2S/c1-8(9-5-3-2-4-6-9)15-18(16,17)10-7-13-14-11(10)12/h2-8,15H,1H3,(H3,12,13,14)/t8-/m0/s1. The molecule has 0 aliphatic heterocycles. The van der Waals surface area contributed by atoms with E-state index in [1.807, 2.05) is 30.3 Å². The van der Waals surface area contributed by atoms with Crippen LogP contribution in [0.5, 0.6) is 0 Å². The second-order valence-corrected chi connectivity index (χ2v) is 5.58. The summed E-state index contributed by atoms with van der Waals surface area (Å²) in [5.41, 5.74) is 6.38. The van der Waals surface area contributed by atoms with Gasteiger partial charge in [-0.05, 0) is 12.5 Å². The molecule has 96 valence electrons. The number of nitrogens with one attached hydrogen (secondary N) is 2. The van der Waals surface area contributed by atoms with Gasteiger partial charge in [-0.1, -0.05) is 30.3 Å². The third kappa shape index (κ3) is 2.52. The maximum atomic E-state index is 12.0. The van der Waals surface area contributed by atoms with E-state index in [0.717, 1.165) is 5.56 Å². The minimum Gasteiger partial charge on any atom is -0.383 e. The van der Waals surface area contributed by atoms with Crippen LogP contribution < -0.4 is 10.5 Å². The van der Waals surface area contributed by atoms with E-state index in [9.17, 15) is 8.42 Å². The van der Waals surface area contributed by atoms with Crippen LogP contribution in [0.3, 0.4) is 0 Å². The van der Waals surface area contributed by atoms with Crippen LogP contribution in [0.15, 0.2) is 41.4 Å². The molecule has 0 saturated carbocycles. The molecular formula is C11H14N4O2S. The van der Waals surface area contributed by atoms with Crippen molar-refractivity contribution in [3.63, 3.8) is 0 Å². The quantitative estimate of drug-likeness (QED) is 0.769. The molecule has 7 heteroatoms. The molecule has 2 rings (SSSR count). The Kier molecular flexibility index (Phi) is 3.35. The maximum Gasteiger partial charge on any atom is 0.246 e. The predicted molar refractivity (Wildman–Crippen MR) is 68.2 cm³/mol. The summed E-state index contributed by atoms with van der Waals surface area (Å²) in [7, 11) is -3.66. The van der Waals surface area contributed by atoms with Crippen molar-refractivity contribution in [2.75, 3.05) is 5.73 Å². The molecule has 6 nitrogen and oxygen atoms in total. The number of rotatable bonds is 4. The van der Waals surface area contributed by atoms with E-state index in [4.69, 9.17) is 5.73 Å². The zero-order valence-electron chi connectivity index (χ0n) is 9.79. The number of hydrogen-bond donors (Lipinski definition) is 3. The van der Waals surface area contributed by atoms with E-state index in [1.165, 1.54) is 6.20 Å². The largest absolute Gasteiger partial charge is 0.383 e. The number of nitrogens with two attached hydrogens (primary N) is 1. The smallest absolute Gasteiger partial charge is 0.246 e. The van der Waals surface area contributed by atoms with Crippen molar-refractivity contribution in [3.8, 4) is 0 Å². The highest BCUT2D eigenvalue weighted by Crippen LogP contribution is 2.18. The number of nitrogens with zero attached hydrogens (tertiary/aromatic N) is 1. The van der Waals surface area contributed by atoms with Crippen molar-refractivity contribution in [1.29, 1.82) is 0 Å². The van der Waals surface area contributed by atoms with Crippen LogP contribution >= 0.6 is 0 Å². The van der Waals surface area contributed by atoms with Gasteiger partial charge in [-0.3, -0.25) is 5.10 Å². The van der Waals surface area contributed by atoms with Gasteiger partial charge in [0.05, 0.1) is 6.20 Å². The summed E-state index contributed by atoms with van der Waals surface area (Å²) in [6.45, 7) is 1.77. The van der Waals surface area contributed by atoms with Gasteiger partial charge in [0.1, 0.15) is 10.7 Å². The molecule has 0 aliphatic rings. The van der Waals surface area contributed by atoms with E-state index in [2.05, 4.69) is 14.9 Å². The molecule has 0 amide bonds. The molecule has 1 atom stereocenters. The summed E-state index contributed by atoms with van der Waals surface area (Å²) < 4.78 is 26.6. The molecule has 2 aromatic rings. The fourth-order valence-corrected chi connectivity index (χ4v) is 2.86. The van der Waals surface area contributed by atoms with Crippen LogP contribution in [-0.2, 0) is 10.0 Å². The van der Waals surface area contributed by atoms with Crippen LogP contribution in [0.25, 0.3) is 0 Å². The number of H-pyrrole nitrogens is 1. The summed E-state index contributed by atoms with van der Waals surface area (Å²) in [6.07, 6.45) is 1.19. The maximum absolute atomic E-state index is 12.0. The minimum atomic E-state index is -3.66. The average molecular weight is 266 g/mol. The van der Waals surface area contributed by atoms with Crippen LogP contribution in [0.1, 0.15) is 18.5 Å².